The predicted octanol–water partition coefficient (Wildman–Crippen LogP) is 3.79. The van der Waals surface area contributed by atoms with Gasteiger partial charge < -0.3 is 5.73 Å². The molecule has 0 aliphatic carbocycles. The van der Waals surface area contributed by atoms with E-state index in [1.165, 1.54) is 6.07 Å². The van der Waals surface area contributed by atoms with E-state index in [2.05, 4.69) is 15.9 Å². The fourth-order valence-electron chi connectivity index (χ4n) is 1.65. The minimum atomic E-state index is -1.28. The monoisotopic (exact) mass is 341 g/mol. The van der Waals surface area contributed by atoms with Gasteiger partial charge in [0.1, 0.15) is 5.82 Å². The standard InChI is InChI=1S/C14H13BrFNOS/c1-9-6-12(4-5-14(9)17)19(18)8-10-2-3-11(15)7-13(10)16/h2-7H,8,17H2,1H3. The molecule has 2 nitrogen and oxygen atoms in total. The van der Waals surface area contributed by atoms with Gasteiger partial charge in [0.15, 0.2) is 0 Å². The highest BCUT2D eigenvalue weighted by molar-refractivity contribution is 9.10. The molecule has 2 aromatic rings. The summed E-state index contributed by atoms with van der Waals surface area (Å²) in [6.45, 7) is 1.86. The average molecular weight is 342 g/mol. The smallest absolute Gasteiger partial charge is 0.128 e. The van der Waals surface area contributed by atoms with E-state index in [4.69, 9.17) is 5.73 Å². The van der Waals surface area contributed by atoms with E-state index in [0.717, 1.165) is 5.56 Å². The third-order valence-electron chi connectivity index (χ3n) is 2.81. The number of benzene rings is 2. The molecule has 0 heterocycles. The van der Waals surface area contributed by atoms with Crippen molar-refractivity contribution in [2.24, 2.45) is 0 Å². The van der Waals surface area contributed by atoms with Crippen molar-refractivity contribution in [3.63, 3.8) is 0 Å². The molecule has 0 bridgehead atoms. The Balaban J connectivity index is 2.23. The minimum Gasteiger partial charge on any atom is -0.399 e. The van der Waals surface area contributed by atoms with Crippen molar-refractivity contribution in [3.05, 3.63) is 57.8 Å². The Morgan fingerprint density at radius 2 is 2.00 bits per heavy atom. The van der Waals surface area contributed by atoms with Gasteiger partial charge in [-0.15, -0.1) is 0 Å². The summed E-state index contributed by atoms with van der Waals surface area (Å²) in [7, 11) is -1.28. The molecule has 19 heavy (non-hydrogen) atoms. The zero-order valence-corrected chi connectivity index (χ0v) is 12.7. The first-order chi connectivity index (χ1) is 8.97. The molecule has 0 radical (unpaired) electrons. The third-order valence-corrected chi connectivity index (χ3v) is 4.65. The maximum atomic E-state index is 13.7. The van der Waals surface area contributed by atoms with Crippen molar-refractivity contribution in [1.82, 2.24) is 0 Å². The van der Waals surface area contributed by atoms with Crippen molar-refractivity contribution in [2.75, 3.05) is 5.73 Å². The second kappa shape index (κ2) is 5.84. The van der Waals surface area contributed by atoms with Crippen molar-refractivity contribution < 1.29 is 8.60 Å². The van der Waals surface area contributed by atoms with Gasteiger partial charge in [0, 0.05) is 20.6 Å². The molecule has 5 heteroatoms. The van der Waals surface area contributed by atoms with Crippen LogP contribution in [0.25, 0.3) is 0 Å². The first-order valence-corrected chi connectivity index (χ1v) is 7.77. The Bertz CT molecular complexity index is 645. The van der Waals surface area contributed by atoms with Crippen molar-refractivity contribution in [1.29, 1.82) is 0 Å². The highest BCUT2D eigenvalue weighted by atomic mass is 79.9. The van der Waals surface area contributed by atoms with Crippen LogP contribution in [0.5, 0.6) is 0 Å². The highest BCUT2D eigenvalue weighted by Gasteiger charge is 2.10. The zero-order valence-electron chi connectivity index (χ0n) is 10.3. The van der Waals surface area contributed by atoms with Gasteiger partial charge in [0.2, 0.25) is 0 Å². The molecule has 0 amide bonds. The first-order valence-electron chi connectivity index (χ1n) is 5.66. The van der Waals surface area contributed by atoms with Crippen LogP contribution >= 0.6 is 15.9 Å². The van der Waals surface area contributed by atoms with Gasteiger partial charge in [-0.3, -0.25) is 4.21 Å². The molecular formula is C14H13BrFNOS. The Hall–Kier alpha value is -1.20. The van der Waals surface area contributed by atoms with Crippen LogP contribution in [0.3, 0.4) is 0 Å². The average Bonchev–Trinajstić information content (AvgIpc) is 2.36. The highest BCUT2D eigenvalue weighted by Crippen LogP contribution is 2.21. The lowest BCUT2D eigenvalue weighted by Gasteiger charge is -2.07. The molecule has 0 saturated carbocycles. The van der Waals surface area contributed by atoms with Crippen LogP contribution in [0.15, 0.2) is 45.8 Å². The number of nitrogen functional groups attached to an aromatic ring is 1. The van der Waals surface area contributed by atoms with Crippen LogP contribution in [0.2, 0.25) is 0 Å². The van der Waals surface area contributed by atoms with Crippen LogP contribution in [-0.2, 0) is 16.6 Å². The molecule has 100 valence electrons. The molecule has 2 N–H and O–H groups in total. The molecule has 0 saturated heterocycles. The Morgan fingerprint density at radius 1 is 1.26 bits per heavy atom. The van der Waals surface area contributed by atoms with Gasteiger partial charge in [-0.1, -0.05) is 22.0 Å². The van der Waals surface area contributed by atoms with E-state index in [9.17, 15) is 8.60 Å². The lowest BCUT2D eigenvalue weighted by molar-refractivity contribution is 0.614. The van der Waals surface area contributed by atoms with Crippen LogP contribution in [-0.4, -0.2) is 4.21 Å². The van der Waals surface area contributed by atoms with Crippen LogP contribution in [0, 0.1) is 12.7 Å². The van der Waals surface area contributed by atoms with E-state index in [0.29, 0.717) is 20.6 Å². The van der Waals surface area contributed by atoms with Gasteiger partial charge in [0.05, 0.1) is 16.6 Å². The predicted molar refractivity (Wildman–Crippen MR) is 79.8 cm³/mol. The van der Waals surface area contributed by atoms with Gasteiger partial charge in [0.25, 0.3) is 0 Å². The Kier molecular flexibility index (Phi) is 4.37. The lowest BCUT2D eigenvalue weighted by atomic mass is 10.2. The van der Waals surface area contributed by atoms with E-state index in [1.54, 1.807) is 30.3 Å². The maximum Gasteiger partial charge on any atom is 0.128 e. The molecule has 0 aliphatic heterocycles. The van der Waals surface area contributed by atoms with Crippen LogP contribution in [0.4, 0.5) is 10.1 Å². The fraction of sp³-hybridized carbons (Fsp3) is 0.143. The lowest BCUT2D eigenvalue weighted by Crippen LogP contribution is -2.00. The third kappa shape index (κ3) is 3.42. The largest absolute Gasteiger partial charge is 0.399 e. The minimum absolute atomic E-state index is 0.155. The van der Waals surface area contributed by atoms with Crippen molar-refractivity contribution in [3.8, 4) is 0 Å². The van der Waals surface area contributed by atoms with Gasteiger partial charge in [-0.25, -0.2) is 4.39 Å². The first kappa shape index (κ1) is 14.2. The van der Waals surface area contributed by atoms with Crippen molar-refractivity contribution >= 4 is 32.4 Å². The Morgan fingerprint density at radius 3 is 2.63 bits per heavy atom. The number of hydrogen-bond acceptors (Lipinski definition) is 2. The van der Waals surface area contributed by atoms with Crippen molar-refractivity contribution in [2.45, 2.75) is 17.6 Å². The summed E-state index contributed by atoms with van der Waals surface area (Å²) < 4.78 is 26.6. The van der Waals surface area contributed by atoms with Gasteiger partial charge >= 0.3 is 0 Å². The summed E-state index contributed by atoms with van der Waals surface area (Å²) >= 11 is 3.20. The normalized spacial score (nSPS) is 12.4. The molecular weight excluding hydrogens is 329 g/mol. The zero-order chi connectivity index (χ0) is 14.0. The summed E-state index contributed by atoms with van der Waals surface area (Å²) in [6, 6.07) is 9.98. The maximum absolute atomic E-state index is 13.7. The Labute approximate surface area is 122 Å². The quantitative estimate of drug-likeness (QED) is 0.863. The molecule has 0 spiro atoms. The molecule has 1 atom stereocenters. The topological polar surface area (TPSA) is 43.1 Å². The summed E-state index contributed by atoms with van der Waals surface area (Å²) in [5, 5.41) is 0. The summed E-state index contributed by atoms with van der Waals surface area (Å²) in [6.07, 6.45) is 0. The molecule has 2 aromatic carbocycles. The number of hydrogen-bond donors (Lipinski definition) is 1. The number of aryl methyl sites for hydroxylation is 1. The molecule has 0 aromatic heterocycles. The molecule has 0 aliphatic rings. The number of rotatable bonds is 3. The summed E-state index contributed by atoms with van der Waals surface area (Å²) in [5.74, 6) is -0.197. The van der Waals surface area contributed by atoms with Crippen LogP contribution < -0.4 is 5.73 Å². The van der Waals surface area contributed by atoms with E-state index in [-0.39, 0.29) is 11.6 Å². The van der Waals surface area contributed by atoms with E-state index >= 15 is 0 Å². The number of anilines is 1. The van der Waals surface area contributed by atoms with E-state index < -0.39 is 10.8 Å². The number of nitrogens with two attached hydrogens (primary N) is 1. The van der Waals surface area contributed by atoms with Crippen LogP contribution in [0.1, 0.15) is 11.1 Å². The van der Waals surface area contributed by atoms with E-state index in [1.807, 2.05) is 6.92 Å². The van der Waals surface area contributed by atoms with Gasteiger partial charge in [-0.2, -0.15) is 0 Å². The summed E-state index contributed by atoms with van der Waals surface area (Å²) in [4.78, 5) is 0.661. The SMILES string of the molecule is Cc1cc(S(=O)Cc2ccc(Br)cc2F)ccc1N. The summed E-state index contributed by atoms with van der Waals surface area (Å²) in [5.41, 5.74) is 7.70. The second-order valence-corrected chi connectivity index (χ2v) is 6.61. The number of halogens is 2. The molecule has 2 rings (SSSR count). The molecule has 1 unspecified atom stereocenters. The molecule has 0 fully saturated rings. The van der Waals surface area contributed by atoms with Gasteiger partial charge in [-0.05, 0) is 42.8 Å². The second-order valence-electron chi connectivity index (χ2n) is 4.24. The fourth-order valence-corrected chi connectivity index (χ4v) is 3.20.